The highest BCUT2D eigenvalue weighted by molar-refractivity contribution is 6.01. The fraction of sp³-hybridized carbons (Fsp3) is 0.0500. The van der Waals surface area contributed by atoms with Crippen molar-refractivity contribution in [3.05, 3.63) is 96.1 Å². The summed E-state index contributed by atoms with van der Waals surface area (Å²) in [5.41, 5.74) is 7.89. The first-order valence-electron chi connectivity index (χ1n) is 7.71. The van der Waals surface area contributed by atoms with E-state index in [1.165, 1.54) is 5.56 Å². The van der Waals surface area contributed by atoms with Crippen LogP contribution in [-0.4, -0.2) is 5.84 Å². The van der Waals surface area contributed by atoms with Crippen LogP contribution in [0.5, 0.6) is 0 Å². The van der Waals surface area contributed by atoms with Crippen LogP contribution < -0.4 is 10.4 Å². The van der Waals surface area contributed by atoms with E-state index in [1.54, 1.807) is 0 Å². The molecule has 0 spiro atoms. The van der Waals surface area contributed by atoms with Crippen molar-refractivity contribution in [1.82, 2.24) is 5.43 Å². The highest BCUT2D eigenvalue weighted by Crippen LogP contribution is 2.26. The lowest BCUT2D eigenvalue weighted by Crippen LogP contribution is -2.41. The van der Waals surface area contributed by atoms with Crippen molar-refractivity contribution in [2.24, 2.45) is 4.99 Å². The number of anilines is 1. The van der Waals surface area contributed by atoms with E-state index in [1.807, 2.05) is 42.5 Å². The van der Waals surface area contributed by atoms with Gasteiger partial charge in [0.05, 0.1) is 17.9 Å². The van der Waals surface area contributed by atoms with Crippen LogP contribution in [0.15, 0.2) is 89.9 Å². The third-order valence-electron chi connectivity index (χ3n) is 3.91. The molecule has 0 aliphatic carbocycles. The van der Waals surface area contributed by atoms with Crippen molar-refractivity contribution in [3.63, 3.8) is 0 Å². The van der Waals surface area contributed by atoms with Gasteiger partial charge in [-0.2, -0.15) is 0 Å². The van der Waals surface area contributed by atoms with Crippen LogP contribution in [0.3, 0.4) is 0 Å². The number of amidine groups is 1. The predicted molar refractivity (Wildman–Crippen MR) is 102 cm³/mol. The molecule has 0 saturated heterocycles. The third kappa shape index (κ3) is 3.26. The zero-order valence-corrected chi connectivity index (χ0v) is 13.9. The monoisotopic (exact) mass is 335 g/mol. The van der Waals surface area contributed by atoms with Gasteiger partial charge in [0.1, 0.15) is 0 Å². The molecule has 1 aliphatic rings. The number of hydrogen-bond donors (Lipinski definition) is 1. The first kappa shape index (κ1) is 16.1. The number of fused-ring (bicyclic) bond motifs is 1. The van der Waals surface area contributed by atoms with E-state index in [2.05, 4.69) is 52.9 Å². The molecule has 0 aromatic heterocycles. The van der Waals surface area contributed by atoms with Gasteiger partial charge in [-0.3, -0.25) is 10.4 Å². The molecular weight excluding hydrogens is 318 g/mol. The van der Waals surface area contributed by atoms with Gasteiger partial charge in [0.15, 0.2) is 5.84 Å². The van der Waals surface area contributed by atoms with Crippen molar-refractivity contribution in [1.29, 1.82) is 0 Å². The summed E-state index contributed by atoms with van der Waals surface area (Å²) in [4.78, 5) is 4.85. The Kier molecular flexibility index (Phi) is 4.82. The average molecular weight is 336 g/mol. The molecule has 3 aromatic rings. The Morgan fingerprint density at radius 1 is 0.750 bits per heavy atom. The van der Waals surface area contributed by atoms with Crippen molar-refractivity contribution in [2.45, 2.75) is 6.54 Å². The molecule has 1 aliphatic heterocycles. The maximum Gasteiger partial charge on any atom is 0.152 e. The highest BCUT2D eigenvalue weighted by atomic mass is 35.5. The molecule has 1 N–H and O–H groups in total. The molecule has 0 bridgehead atoms. The Morgan fingerprint density at radius 3 is 2.12 bits per heavy atom. The molecule has 4 heteroatoms. The zero-order valence-electron chi connectivity index (χ0n) is 13.1. The van der Waals surface area contributed by atoms with Crippen LogP contribution in [0, 0.1) is 0 Å². The fourth-order valence-electron chi connectivity index (χ4n) is 2.73. The molecule has 3 nitrogen and oxygen atoms in total. The average Bonchev–Trinajstić information content (AvgIpc) is 2.83. The van der Waals surface area contributed by atoms with Gasteiger partial charge in [-0.15, -0.1) is 12.4 Å². The van der Waals surface area contributed by atoms with E-state index in [-0.39, 0.29) is 12.4 Å². The lowest BCUT2D eigenvalue weighted by molar-refractivity contribution is 0.774. The molecule has 0 saturated carbocycles. The van der Waals surface area contributed by atoms with Crippen molar-refractivity contribution in [3.8, 4) is 0 Å². The molecule has 0 fully saturated rings. The second-order valence-corrected chi connectivity index (χ2v) is 5.49. The quantitative estimate of drug-likeness (QED) is 0.734. The normalized spacial score (nSPS) is 13.0. The summed E-state index contributed by atoms with van der Waals surface area (Å²) < 4.78 is 0. The third-order valence-corrected chi connectivity index (χ3v) is 3.91. The lowest BCUT2D eigenvalue weighted by atomic mass is 10.1. The summed E-state index contributed by atoms with van der Waals surface area (Å²) in [6, 6.07) is 28.8. The first-order chi connectivity index (χ1) is 11.4. The summed E-state index contributed by atoms with van der Waals surface area (Å²) >= 11 is 0. The Balaban J connectivity index is 0.00000169. The second-order valence-electron chi connectivity index (χ2n) is 5.49. The Morgan fingerprint density at radius 2 is 1.38 bits per heavy atom. The molecule has 4 rings (SSSR count). The molecule has 120 valence electrons. The van der Waals surface area contributed by atoms with Crippen LogP contribution in [0.4, 0.5) is 11.4 Å². The minimum absolute atomic E-state index is 0. The number of rotatable bonds is 2. The van der Waals surface area contributed by atoms with Gasteiger partial charge in [0.25, 0.3) is 0 Å². The number of hydrogen-bond acceptors (Lipinski definition) is 3. The van der Waals surface area contributed by atoms with E-state index >= 15 is 0 Å². The van der Waals surface area contributed by atoms with Gasteiger partial charge in [-0.25, -0.2) is 4.99 Å². The van der Waals surface area contributed by atoms with Crippen LogP contribution >= 0.6 is 12.4 Å². The van der Waals surface area contributed by atoms with Crippen LogP contribution in [0.25, 0.3) is 0 Å². The summed E-state index contributed by atoms with van der Waals surface area (Å²) in [6.07, 6.45) is 0. The summed E-state index contributed by atoms with van der Waals surface area (Å²) in [7, 11) is 0. The van der Waals surface area contributed by atoms with Crippen LogP contribution in [0.2, 0.25) is 0 Å². The predicted octanol–water partition coefficient (Wildman–Crippen LogP) is 4.71. The number of nitrogens with zero attached hydrogens (tertiary/aromatic N) is 2. The maximum absolute atomic E-state index is 4.85. The van der Waals surface area contributed by atoms with Crippen molar-refractivity contribution in [2.75, 3.05) is 5.01 Å². The van der Waals surface area contributed by atoms with E-state index < -0.39 is 0 Å². The van der Waals surface area contributed by atoms with Crippen molar-refractivity contribution >= 4 is 29.6 Å². The topological polar surface area (TPSA) is 27.6 Å². The maximum atomic E-state index is 4.85. The number of nitrogens with one attached hydrogen (secondary N) is 1. The molecular formula is C20H18ClN3. The second kappa shape index (κ2) is 7.20. The van der Waals surface area contributed by atoms with E-state index in [4.69, 9.17) is 4.99 Å². The largest absolute Gasteiger partial charge is 0.282 e. The molecule has 24 heavy (non-hydrogen) atoms. The van der Waals surface area contributed by atoms with Gasteiger partial charge in [-0.1, -0.05) is 66.7 Å². The Bertz CT molecular complexity index is 832. The molecule has 3 aromatic carbocycles. The van der Waals surface area contributed by atoms with Gasteiger partial charge in [-0.05, 0) is 23.8 Å². The smallest absolute Gasteiger partial charge is 0.152 e. The van der Waals surface area contributed by atoms with Gasteiger partial charge in [0, 0.05) is 5.56 Å². The van der Waals surface area contributed by atoms with E-state index in [0.717, 1.165) is 29.3 Å². The van der Waals surface area contributed by atoms with E-state index in [0.29, 0.717) is 0 Å². The fourth-order valence-corrected chi connectivity index (χ4v) is 2.73. The summed E-state index contributed by atoms with van der Waals surface area (Å²) in [6.45, 7) is 0.764. The van der Waals surface area contributed by atoms with Crippen LogP contribution in [-0.2, 0) is 6.54 Å². The van der Waals surface area contributed by atoms with Gasteiger partial charge in [0.2, 0.25) is 0 Å². The lowest BCUT2D eigenvalue weighted by Gasteiger charge is -2.25. The summed E-state index contributed by atoms with van der Waals surface area (Å²) in [5, 5.41) is 2.14. The Labute approximate surface area is 148 Å². The zero-order chi connectivity index (χ0) is 15.5. The number of hydrazine groups is 1. The molecule has 1 heterocycles. The SMILES string of the molecule is Cl.c1ccc(C2=Nc3ccccc3CN(c3ccccc3)N2)cc1. The standard InChI is InChI=1S/C20H17N3.ClH/c1-3-9-16(10-4-1)20-21-19-14-8-7-11-17(19)15-23(22-20)18-12-5-2-6-13-18;/h1-14H,15H2,(H,21,22);1H. The molecule has 0 radical (unpaired) electrons. The number of para-hydroxylation sites is 2. The highest BCUT2D eigenvalue weighted by Gasteiger charge is 2.17. The minimum Gasteiger partial charge on any atom is -0.282 e. The van der Waals surface area contributed by atoms with Crippen molar-refractivity contribution < 1.29 is 0 Å². The van der Waals surface area contributed by atoms with Gasteiger partial charge < -0.3 is 0 Å². The van der Waals surface area contributed by atoms with Gasteiger partial charge >= 0.3 is 0 Å². The Hall–Kier alpha value is -2.78. The first-order valence-corrected chi connectivity index (χ1v) is 7.71. The van der Waals surface area contributed by atoms with Crippen LogP contribution in [0.1, 0.15) is 11.1 Å². The minimum atomic E-state index is 0. The molecule has 0 unspecified atom stereocenters. The number of benzene rings is 3. The molecule has 0 amide bonds. The number of halogens is 1. The van der Waals surface area contributed by atoms with E-state index in [9.17, 15) is 0 Å². The molecule has 0 atom stereocenters. The number of aliphatic imine (C=N–C) groups is 1. The summed E-state index contributed by atoms with van der Waals surface area (Å²) in [5.74, 6) is 0.861.